The lowest BCUT2D eigenvalue weighted by molar-refractivity contribution is -0.402. The van der Waals surface area contributed by atoms with E-state index < -0.39 is 10.8 Å². The summed E-state index contributed by atoms with van der Waals surface area (Å²) in [5, 5.41) is 10.5. The van der Waals surface area contributed by atoms with Gasteiger partial charge in [0.15, 0.2) is 5.76 Å². The second-order valence-electron chi connectivity index (χ2n) is 4.39. The Morgan fingerprint density at radius 2 is 2.35 bits per heavy atom. The topological polar surface area (TPSA) is 76.6 Å². The van der Waals surface area contributed by atoms with Crippen LogP contribution in [0.25, 0.3) is 0 Å². The number of likely N-dealkylation sites (tertiary alicyclic amines) is 1. The molecule has 1 amide bonds. The Morgan fingerprint density at radius 3 is 2.94 bits per heavy atom. The molecule has 6 nitrogen and oxygen atoms in total. The third kappa shape index (κ3) is 2.46. The highest BCUT2D eigenvalue weighted by Gasteiger charge is 2.25. The maximum Gasteiger partial charge on any atom is 0.433 e. The summed E-state index contributed by atoms with van der Waals surface area (Å²) in [7, 11) is 0. The first kappa shape index (κ1) is 11.6. The highest BCUT2D eigenvalue weighted by atomic mass is 16.6. The van der Waals surface area contributed by atoms with Gasteiger partial charge in [0.1, 0.15) is 4.92 Å². The van der Waals surface area contributed by atoms with Gasteiger partial charge >= 0.3 is 5.88 Å². The molecule has 1 atom stereocenters. The Kier molecular flexibility index (Phi) is 3.12. The van der Waals surface area contributed by atoms with Crippen LogP contribution in [0.15, 0.2) is 16.5 Å². The fraction of sp³-hybridized carbons (Fsp3) is 0.545. The Morgan fingerprint density at radius 1 is 1.59 bits per heavy atom. The minimum absolute atomic E-state index is 0.0470. The van der Waals surface area contributed by atoms with Crippen LogP contribution >= 0.6 is 0 Å². The van der Waals surface area contributed by atoms with E-state index in [9.17, 15) is 14.9 Å². The van der Waals surface area contributed by atoms with Crippen molar-refractivity contribution in [1.29, 1.82) is 0 Å². The third-order valence-corrected chi connectivity index (χ3v) is 2.93. The second-order valence-corrected chi connectivity index (χ2v) is 4.39. The predicted molar refractivity (Wildman–Crippen MR) is 59.7 cm³/mol. The van der Waals surface area contributed by atoms with Crippen molar-refractivity contribution < 1.29 is 14.1 Å². The second kappa shape index (κ2) is 4.57. The first-order valence-corrected chi connectivity index (χ1v) is 5.61. The summed E-state index contributed by atoms with van der Waals surface area (Å²) in [5.41, 5.74) is 0. The van der Waals surface area contributed by atoms with Gasteiger partial charge < -0.3 is 9.32 Å². The van der Waals surface area contributed by atoms with Gasteiger partial charge in [0, 0.05) is 13.1 Å². The van der Waals surface area contributed by atoms with E-state index in [4.69, 9.17) is 4.42 Å². The molecule has 1 fully saturated rings. The van der Waals surface area contributed by atoms with E-state index in [1.165, 1.54) is 12.1 Å². The molecule has 92 valence electrons. The fourth-order valence-electron chi connectivity index (χ4n) is 2.07. The van der Waals surface area contributed by atoms with Crippen LogP contribution in [0.4, 0.5) is 5.88 Å². The quantitative estimate of drug-likeness (QED) is 0.583. The van der Waals surface area contributed by atoms with Crippen molar-refractivity contribution in [3.05, 3.63) is 28.0 Å². The Labute approximate surface area is 98.3 Å². The van der Waals surface area contributed by atoms with Crippen molar-refractivity contribution in [2.75, 3.05) is 13.1 Å². The lowest BCUT2D eigenvalue weighted by atomic mass is 10.0. The van der Waals surface area contributed by atoms with Gasteiger partial charge in [0.05, 0.1) is 6.07 Å². The van der Waals surface area contributed by atoms with Gasteiger partial charge in [0.2, 0.25) is 0 Å². The minimum Gasteiger partial charge on any atom is -0.395 e. The van der Waals surface area contributed by atoms with Gasteiger partial charge in [-0.05, 0) is 24.8 Å². The van der Waals surface area contributed by atoms with E-state index in [2.05, 4.69) is 6.92 Å². The molecule has 0 unspecified atom stereocenters. The van der Waals surface area contributed by atoms with Crippen LogP contribution in [-0.4, -0.2) is 28.8 Å². The summed E-state index contributed by atoms with van der Waals surface area (Å²) in [5.74, 6) is -0.133. The zero-order chi connectivity index (χ0) is 12.4. The van der Waals surface area contributed by atoms with E-state index in [-0.39, 0.29) is 11.7 Å². The van der Waals surface area contributed by atoms with E-state index in [1.54, 1.807) is 4.90 Å². The molecule has 1 aromatic rings. The third-order valence-electron chi connectivity index (χ3n) is 2.93. The molecule has 2 rings (SSSR count). The zero-order valence-electron chi connectivity index (χ0n) is 9.59. The maximum absolute atomic E-state index is 12.0. The standard InChI is InChI=1S/C11H14N2O4/c1-8-3-2-6-12(7-8)11(14)9-4-5-10(17-9)13(15)16/h4-5,8H,2-3,6-7H2,1H3/t8-/m1/s1. The van der Waals surface area contributed by atoms with Gasteiger partial charge in [-0.25, -0.2) is 0 Å². The first-order chi connectivity index (χ1) is 8.08. The van der Waals surface area contributed by atoms with Crippen molar-refractivity contribution in [2.45, 2.75) is 19.8 Å². The van der Waals surface area contributed by atoms with E-state index in [0.717, 1.165) is 12.8 Å². The molecular weight excluding hydrogens is 224 g/mol. The van der Waals surface area contributed by atoms with Gasteiger partial charge in [-0.15, -0.1) is 0 Å². The molecule has 0 aliphatic carbocycles. The summed E-state index contributed by atoms with van der Waals surface area (Å²) >= 11 is 0. The first-order valence-electron chi connectivity index (χ1n) is 5.61. The fourth-order valence-corrected chi connectivity index (χ4v) is 2.07. The lowest BCUT2D eigenvalue weighted by Gasteiger charge is -2.30. The van der Waals surface area contributed by atoms with Crippen LogP contribution in [0.5, 0.6) is 0 Å². The van der Waals surface area contributed by atoms with E-state index in [1.807, 2.05) is 0 Å². The molecule has 17 heavy (non-hydrogen) atoms. The average molecular weight is 238 g/mol. The Balaban J connectivity index is 2.10. The highest BCUT2D eigenvalue weighted by molar-refractivity contribution is 5.91. The summed E-state index contributed by atoms with van der Waals surface area (Å²) in [6.45, 7) is 3.47. The molecular formula is C11H14N2O4. The van der Waals surface area contributed by atoms with Crippen LogP contribution in [0.3, 0.4) is 0 Å². The number of carbonyl (C=O) groups excluding carboxylic acids is 1. The number of hydrogen-bond acceptors (Lipinski definition) is 4. The largest absolute Gasteiger partial charge is 0.433 e. The van der Waals surface area contributed by atoms with Gasteiger partial charge in [-0.3, -0.25) is 14.9 Å². The number of carbonyl (C=O) groups is 1. The average Bonchev–Trinajstić information content (AvgIpc) is 2.77. The molecule has 1 aromatic heterocycles. The molecule has 0 saturated carbocycles. The number of rotatable bonds is 2. The minimum atomic E-state index is -0.643. The van der Waals surface area contributed by atoms with Gasteiger partial charge in [-0.2, -0.15) is 0 Å². The molecule has 0 spiro atoms. The number of amides is 1. The number of piperidine rings is 1. The molecule has 0 aromatic carbocycles. The molecule has 6 heteroatoms. The molecule has 1 aliphatic heterocycles. The molecule has 2 heterocycles. The van der Waals surface area contributed by atoms with Crippen LogP contribution in [0.1, 0.15) is 30.3 Å². The molecule has 1 saturated heterocycles. The van der Waals surface area contributed by atoms with E-state index >= 15 is 0 Å². The van der Waals surface area contributed by atoms with Gasteiger partial charge in [0.25, 0.3) is 5.91 Å². The SMILES string of the molecule is C[C@@H]1CCCN(C(=O)c2ccc([N+](=O)[O-])o2)C1. The van der Waals surface area contributed by atoms with Crippen LogP contribution < -0.4 is 0 Å². The lowest BCUT2D eigenvalue weighted by Crippen LogP contribution is -2.38. The Hall–Kier alpha value is -1.85. The van der Waals surface area contributed by atoms with Gasteiger partial charge in [-0.1, -0.05) is 6.92 Å². The highest BCUT2D eigenvalue weighted by Crippen LogP contribution is 2.21. The van der Waals surface area contributed by atoms with Crippen molar-refractivity contribution >= 4 is 11.8 Å². The predicted octanol–water partition coefficient (Wildman–Crippen LogP) is 2.06. The number of nitro groups is 1. The molecule has 0 bridgehead atoms. The normalized spacial score (nSPS) is 20.3. The summed E-state index contributed by atoms with van der Waals surface area (Å²) in [6.07, 6.45) is 2.08. The monoisotopic (exact) mass is 238 g/mol. The number of furan rings is 1. The number of nitrogens with zero attached hydrogens (tertiary/aromatic N) is 2. The van der Waals surface area contributed by atoms with Crippen molar-refractivity contribution in [3.63, 3.8) is 0 Å². The molecule has 0 N–H and O–H groups in total. The smallest absolute Gasteiger partial charge is 0.395 e. The van der Waals surface area contributed by atoms with Crippen LogP contribution in [-0.2, 0) is 0 Å². The zero-order valence-corrected chi connectivity index (χ0v) is 9.59. The molecule has 0 radical (unpaired) electrons. The molecule has 1 aliphatic rings. The van der Waals surface area contributed by atoms with Crippen molar-refractivity contribution in [1.82, 2.24) is 4.90 Å². The summed E-state index contributed by atoms with van der Waals surface area (Å²) in [6, 6.07) is 2.57. The summed E-state index contributed by atoms with van der Waals surface area (Å²) in [4.78, 5) is 23.5. The van der Waals surface area contributed by atoms with Crippen molar-refractivity contribution in [2.24, 2.45) is 5.92 Å². The van der Waals surface area contributed by atoms with Crippen LogP contribution in [0, 0.1) is 16.0 Å². The van der Waals surface area contributed by atoms with E-state index in [0.29, 0.717) is 19.0 Å². The van der Waals surface area contributed by atoms with Crippen LogP contribution in [0.2, 0.25) is 0 Å². The summed E-state index contributed by atoms with van der Waals surface area (Å²) < 4.78 is 4.91. The Bertz CT molecular complexity index is 440. The maximum atomic E-state index is 12.0. The van der Waals surface area contributed by atoms with Crippen molar-refractivity contribution in [3.8, 4) is 0 Å². The number of hydrogen-bond donors (Lipinski definition) is 0.